The fraction of sp³-hybridized carbons (Fsp3) is 0.0833. The van der Waals surface area contributed by atoms with Crippen LogP contribution in [0.5, 0.6) is 0 Å². The van der Waals surface area contributed by atoms with Crippen molar-refractivity contribution in [1.29, 1.82) is 0 Å². The number of imide groups is 1. The molecule has 3 aromatic rings. The smallest absolute Gasteiger partial charge is 0.338 e. The average Bonchev–Trinajstić information content (AvgIpc) is 3.04. The summed E-state index contributed by atoms with van der Waals surface area (Å²) in [5, 5.41) is 0.909. The number of nitrogens with zero attached hydrogens (tertiary/aromatic N) is 1. The molecule has 32 heavy (non-hydrogen) atoms. The number of benzene rings is 3. The maximum atomic E-state index is 12.9. The largest absolute Gasteiger partial charge is 0.454 e. The van der Waals surface area contributed by atoms with Crippen molar-refractivity contribution in [3.63, 3.8) is 0 Å². The fourth-order valence-electron chi connectivity index (χ4n) is 3.26. The number of hydrogen-bond acceptors (Lipinski definition) is 5. The highest BCUT2D eigenvalue weighted by atomic mass is 35.5. The van der Waals surface area contributed by atoms with Gasteiger partial charge in [-0.05, 0) is 67.1 Å². The number of ketones is 1. The number of ether oxygens (including phenoxy) is 1. The molecule has 0 saturated heterocycles. The molecular weight excluding hydrogens is 453 g/mol. The molecule has 8 heteroatoms. The Hall–Kier alpha value is -3.48. The molecule has 2 amide bonds. The molecule has 0 atom stereocenters. The molecule has 0 aromatic heterocycles. The summed E-state index contributed by atoms with van der Waals surface area (Å²) in [6.45, 7) is 1.34. The molecule has 0 aliphatic carbocycles. The summed E-state index contributed by atoms with van der Waals surface area (Å²) in [6, 6.07) is 15.1. The summed E-state index contributed by atoms with van der Waals surface area (Å²) in [6.07, 6.45) is 0. The fourth-order valence-corrected chi connectivity index (χ4v) is 3.56. The average molecular weight is 468 g/mol. The van der Waals surface area contributed by atoms with E-state index in [4.69, 9.17) is 27.9 Å². The highest BCUT2D eigenvalue weighted by Crippen LogP contribution is 2.31. The Morgan fingerprint density at radius 2 is 1.50 bits per heavy atom. The molecule has 1 heterocycles. The third-order valence-electron chi connectivity index (χ3n) is 5.04. The number of fused-ring (bicyclic) bond motifs is 1. The Labute approximate surface area is 193 Å². The third kappa shape index (κ3) is 4.02. The van der Waals surface area contributed by atoms with E-state index in [1.165, 1.54) is 36.4 Å². The first-order valence-electron chi connectivity index (χ1n) is 9.51. The molecule has 4 rings (SSSR count). The molecule has 0 saturated carbocycles. The summed E-state index contributed by atoms with van der Waals surface area (Å²) in [7, 11) is 0. The molecule has 0 bridgehead atoms. The number of aryl methyl sites for hydroxylation is 1. The van der Waals surface area contributed by atoms with Gasteiger partial charge < -0.3 is 4.74 Å². The quantitative estimate of drug-likeness (QED) is 0.294. The van der Waals surface area contributed by atoms with Crippen molar-refractivity contribution in [2.75, 3.05) is 11.5 Å². The Morgan fingerprint density at radius 1 is 0.844 bits per heavy atom. The molecule has 6 nitrogen and oxygen atoms in total. The third-order valence-corrected chi connectivity index (χ3v) is 5.70. The van der Waals surface area contributed by atoms with Crippen LogP contribution in [0.3, 0.4) is 0 Å². The van der Waals surface area contributed by atoms with E-state index in [9.17, 15) is 19.2 Å². The molecule has 3 aromatic carbocycles. The predicted molar refractivity (Wildman–Crippen MR) is 120 cm³/mol. The van der Waals surface area contributed by atoms with Crippen LogP contribution in [0, 0.1) is 6.92 Å². The number of carbonyl (C=O) groups excluding carboxylic acids is 4. The van der Waals surface area contributed by atoms with Gasteiger partial charge in [-0.1, -0.05) is 29.3 Å². The number of anilines is 1. The van der Waals surface area contributed by atoms with Gasteiger partial charge in [0.05, 0.1) is 22.4 Å². The molecule has 1 aliphatic rings. The van der Waals surface area contributed by atoms with Crippen molar-refractivity contribution in [2.45, 2.75) is 6.92 Å². The SMILES string of the molecule is Cc1ccc(N2C(=O)c3ccc(C(=O)OCC(=O)c4ccc(Cl)cc4)cc3C2=O)cc1Cl. The number of rotatable bonds is 5. The lowest BCUT2D eigenvalue weighted by Gasteiger charge is -2.14. The molecule has 0 spiro atoms. The lowest BCUT2D eigenvalue weighted by molar-refractivity contribution is 0.0474. The molecule has 0 N–H and O–H groups in total. The van der Waals surface area contributed by atoms with Crippen LogP contribution in [-0.4, -0.2) is 30.2 Å². The maximum absolute atomic E-state index is 12.9. The van der Waals surface area contributed by atoms with Gasteiger partial charge in [0.1, 0.15) is 0 Å². The van der Waals surface area contributed by atoms with Crippen LogP contribution < -0.4 is 4.90 Å². The zero-order valence-electron chi connectivity index (χ0n) is 16.7. The van der Waals surface area contributed by atoms with Crippen molar-refractivity contribution in [2.24, 2.45) is 0 Å². The lowest BCUT2D eigenvalue weighted by atomic mass is 10.1. The second kappa shape index (κ2) is 8.57. The second-order valence-corrected chi connectivity index (χ2v) is 7.99. The molecule has 0 fully saturated rings. The van der Waals surface area contributed by atoms with E-state index in [1.807, 2.05) is 6.92 Å². The first kappa shape index (κ1) is 21.7. The number of Topliss-reactive ketones (excluding diaryl/α,β-unsaturated/α-hetero) is 1. The minimum atomic E-state index is -0.785. The number of carbonyl (C=O) groups is 4. The van der Waals surface area contributed by atoms with Crippen LogP contribution in [-0.2, 0) is 4.74 Å². The van der Waals surface area contributed by atoms with Crippen molar-refractivity contribution in [3.05, 3.63) is 98.5 Å². The normalized spacial score (nSPS) is 12.7. The number of hydrogen-bond donors (Lipinski definition) is 0. The first-order valence-corrected chi connectivity index (χ1v) is 10.3. The van der Waals surface area contributed by atoms with Crippen molar-refractivity contribution in [3.8, 4) is 0 Å². The van der Waals surface area contributed by atoms with Gasteiger partial charge in [-0.3, -0.25) is 14.4 Å². The highest BCUT2D eigenvalue weighted by molar-refractivity contribution is 6.36. The highest BCUT2D eigenvalue weighted by Gasteiger charge is 2.37. The first-order chi connectivity index (χ1) is 15.3. The van der Waals surface area contributed by atoms with E-state index >= 15 is 0 Å². The van der Waals surface area contributed by atoms with E-state index < -0.39 is 30.2 Å². The Balaban J connectivity index is 1.51. The van der Waals surface area contributed by atoms with E-state index in [0.717, 1.165) is 10.5 Å². The topological polar surface area (TPSA) is 80.8 Å². The number of amides is 2. The standard InChI is InChI=1S/C24H15Cl2NO5/c1-13-2-8-17(11-20(13)26)27-22(29)18-9-5-15(10-19(18)23(27)30)24(31)32-12-21(28)14-3-6-16(25)7-4-14/h2-11H,12H2,1H3. The van der Waals surface area contributed by atoms with E-state index in [1.54, 1.807) is 24.3 Å². The van der Waals surface area contributed by atoms with Gasteiger partial charge in [-0.15, -0.1) is 0 Å². The van der Waals surface area contributed by atoms with Gasteiger partial charge in [0.2, 0.25) is 0 Å². The Bertz CT molecular complexity index is 1280. The number of halogens is 2. The minimum absolute atomic E-state index is 0.0533. The summed E-state index contributed by atoms with van der Waals surface area (Å²) in [5.41, 5.74) is 1.79. The molecule has 0 unspecified atom stereocenters. The van der Waals surface area contributed by atoms with E-state index in [-0.39, 0.29) is 16.7 Å². The van der Waals surface area contributed by atoms with Gasteiger partial charge >= 0.3 is 5.97 Å². The van der Waals surface area contributed by atoms with E-state index in [0.29, 0.717) is 21.3 Å². The summed E-state index contributed by atoms with van der Waals surface area (Å²) >= 11 is 11.9. The van der Waals surface area contributed by atoms with Crippen LogP contribution in [0.25, 0.3) is 0 Å². The van der Waals surface area contributed by atoms with Crippen molar-refractivity contribution >= 4 is 52.5 Å². The van der Waals surface area contributed by atoms with E-state index in [2.05, 4.69) is 0 Å². The zero-order chi connectivity index (χ0) is 23.0. The minimum Gasteiger partial charge on any atom is -0.454 e. The molecule has 0 radical (unpaired) electrons. The van der Waals surface area contributed by atoms with Gasteiger partial charge in [0.25, 0.3) is 11.8 Å². The Morgan fingerprint density at radius 3 is 2.19 bits per heavy atom. The Kier molecular flexibility index (Phi) is 5.82. The van der Waals surface area contributed by atoms with Crippen LogP contribution in [0.15, 0.2) is 60.7 Å². The second-order valence-electron chi connectivity index (χ2n) is 7.15. The van der Waals surface area contributed by atoms with Crippen LogP contribution in [0.2, 0.25) is 10.0 Å². The van der Waals surface area contributed by atoms with Gasteiger partial charge in [-0.2, -0.15) is 0 Å². The van der Waals surface area contributed by atoms with Gasteiger partial charge in [0.15, 0.2) is 12.4 Å². The number of esters is 1. The van der Waals surface area contributed by atoms with Crippen molar-refractivity contribution in [1.82, 2.24) is 0 Å². The lowest BCUT2D eigenvalue weighted by Crippen LogP contribution is -2.29. The van der Waals surface area contributed by atoms with Crippen LogP contribution >= 0.6 is 23.2 Å². The van der Waals surface area contributed by atoms with Crippen molar-refractivity contribution < 1.29 is 23.9 Å². The molecular formula is C24H15Cl2NO5. The summed E-state index contributed by atoms with van der Waals surface area (Å²) in [5.74, 6) is -2.27. The maximum Gasteiger partial charge on any atom is 0.338 e. The van der Waals surface area contributed by atoms with Crippen LogP contribution in [0.4, 0.5) is 5.69 Å². The summed E-state index contributed by atoms with van der Waals surface area (Å²) < 4.78 is 5.09. The zero-order valence-corrected chi connectivity index (χ0v) is 18.2. The monoisotopic (exact) mass is 467 g/mol. The molecule has 1 aliphatic heterocycles. The summed E-state index contributed by atoms with van der Waals surface area (Å²) in [4.78, 5) is 51.3. The van der Waals surface area contributed by atoms with Gasteiger partial charge in [0, 0.05) is 15.6 Å². The van der Waals surface area contributed by atoms with Gasteiger partial charge in [-0.25, -0.2) is 9.69 Å². The predicted octanol–water partition coefficient (Wildman–Crippen LogP) is 5.14. The van der Waals surface area contributed by atoms with Crippen LogP contribution in [0.1, 0.15) is 47.0 Å². The molecule has 160 valence electrons.